The molecule has 3 N–H and O–H groups in total. The van der Waals surface area contributed by atoms with E-state index in [1.165, 1.54) is 6.21 Å². The van der Waals surface area contributed by atoms with Crippen LogP contribution >= 0.6 is 11.6 Å². The van der Waals surface area contributed by atoms with Crippen molar-refractivity contribution in [3.63, 3.8) is 0 Å². The maximum absolute atomic E-state index is 12.3. The molecule has 0 heterocycles. The number of carbonyl (C=O) groups is 2. The van der Waals surface area contributed by atoms with Gasteiger partial charge in [0, 0.05) is 16.8 Å². The summed E-state index contributed by atoms with van der Waals surface area (Å²) in [6.45, 7) is 3.66. The third-order valence-electron chi connectivity index (χ3n) is 4.41. The van der Waals surface area contributed by atoms with E-state index in [0.29, 0.717) is 33.8 Å². The maximum atomic E-state index is 12.3. The van der Waals surface area contributed by atoms with Crippen molar-refractivity contribution in [1.29, 1.82) is 0 Å². The maximum Gasteiger partial charge on any atom is 0.271 e. The Morgan fingerprint density at radius 1 is 1.00 bits per heavy atom. The zero-order chi connectivity index (χ0) is 22.2. The second-order valence-corrected chi connectivity index (χ2v) is 6.97. The highest BCUT2D eigenvalue weighted by Gasteiger charge is 2.11. The van der Waals surface area contributed by atoms with Gasteiger partial charge in [-0.2, -0.15) is 5.10 Å². The van der Waals surface area contributed by atoms with Gasteiger partial charge in [0.2, 0.25) is 0 Å². The summed E-state index contributed by atoms with van der Waals surface area (Å²) < 4.78 is 0. The van der Waals surface area contributed by atoms with Crippen molar-refractivity contribution in [1.82, 2.24) is 5.43 Å². The number of phenols is 1. The van der Waals surface area contributed by atoms with Gasteiger partial charge < -0.3 is 10.4 Å². The SMILES string of the molecule is C=CCc1cccc(/C=N/NC(=O)c2ccc(NC(=O)c3ccccc3Cl)cc2)c1O. The molecule has 3 aromatic carbocycles. The normalized spacial score (nSPS) is 10.6. The molecular formula is C24H20ClN3O3. The summed E-state index contributed by atoms with van der Waals surface area (Å²) in [7, 11) is 0. The summed E-state index contributed by atoms with van der Waals surface area (Å²) in [6.07, 6.45) is 3.59. The largest absolute Gasteiger partial charge is 0.507 e. The molecule has 0 aliphatic rings. The van der Waals surface area contributed by atoms with Crippen LogP contribution in [0.15, 0.2) is 84.5 Å². The topological polar surface area (TPSA) is 90.8 Å². The minimum atomic E-state index is -0.429. The number of nitrogens with zero attached hydrogens (tertiary/aromatic N) is 1. The quantitative estimate of drug-likeness (QED) is 0.284. The molecule has 0 aromatic heterocycles. The first-order valence-electron chi connectivity index (χ1n) is 9.40. The Labute approximate surface area is 184 Å². The molecular weight excluding hydrogens is 414 g/mol. The van der Waals surface area contributed by atoms with Crippen molar-refractivity contribution < 1.29 is 14.7 Å². The van der Waals surface area contributed by atoms with Crippen LogP contribution in [0.2, 0.25) is 5.02 Å². The average molecular weight is 434 g/mol. The molecule has 3 aromatic rings. The third kappa shape index (κ3) is 5.58. The van der Waals surface area contributed by atoms with Crippen molar-refractivity contribution >= 4 is 35.3 Å². The van der Waals surface area contributed by atoms with Crippen molar-refractivity contribution in [3.8, 4) is 5.75 Å². The van der Waals surface area contributed by atoms with Crippen LogP contribution in [-0.2, 0) is 6.42 Å². The highest BCUT2D eigenvalue weighted by Crippen LogP contribution is 2.21. The van der Waals surface area contributed by atoms with Gasteiger partial charge in [-0.3, -0.25) is 9.59 Å². The van der Waals surface area contributed by atoms with Gasteiger partial charge in [-0.15, -0.1) is 6.58 Å². The zero-order valence-electron chi connectivity index (χ0n) is 16.5. The molecule has 7 heteroatoms. The first-order valence-corrected chi connectivity index (χ1v) is 9.78. The smallest absolute Gasteiger partial charge is 0.271 e. The minimum Gasteiger partial charge on any atom is -0.507 e. The van der Waals surface area contributed by atoms with E-state index in [1.54, 1.807) is 72.8 Å². The fourth-order valence-electron chi connectivity index (χ4n) is 2.81. The second-order valence-electron chi connectivity index (χ2n) is 6.56. The molecule has 156 valence electrons. The first-order chi connectivity index (χ1) is 15.0. The average Bonchev–Trinajstić information content (AvgIpc) is 2.77. The number of anilines is 1. The molecule has 0 spiro atoms. The number of nitrogens with one attached hydrogen (secondary N) is 2. The van der Waals surface area contributed by atoms with Gasteiger partial charge in [0.15, 0.2) is 0 Å². The molecule has 6 nitrogen and oxygen atoms in total. The number of hydrogen-bond donors (Lipinski definition) is 3. The molecule has 3 rings (SSSR count). The van der Waals surface area contributed by atoms with Gasteiger partial charge in [-0.25, -0.2) is 5.43 Å². The summed E-state index contributed by atoms with van der Waals surface area (Å²) in [6, 6.07) is 18.4. The highest BCUT2D eigenvalue weighted by molar-refractivity contribution is 6.34. The highest BCUT2D eigenvalue weighted by atomic mass is 35.5. The monoisotopic (exact) mass is 433 g/mol. The lowest BCUT2D eigenvalue weighted by molar-refractivity contribution is 0.0954. The lowest BCUT2D eigenvalue weighted by Gasteiger charge is -2.07. The molecule has 2 amide bonds. The summed E-state index contributed by atoms with van der Waals surface area (Å²) in [5, 5.41) is 17.2. The number of hydrogen-bond acceptors (Lipinski definition) is 4. The number of allylic oxidation sites excluding steroid dienone is 1. The van der Waals surface area contributed by atoms with Crippen LogP contribution in [0.5, 0.6) is 5.75 Å². The fraction of sp³-hybridized carbons (Fsp3) is 0.0417. The van der Waals surface area contributed by atoms with Gasteiger partial charge in [0.05, 0.1) is 16.8 Å². The molecule has 0 bridgehead atoms. The van der Waals surface area contributed by atoms with Crippen LogP contribution in [0.3, 0.4) is 0 Å². The number of carbonyl (C=O) groups excluding carboxylic acids is 2. The van der Waals surface area contributed by atoms with Crippen LogP contribution < -0.4 is 10.7 Å². The van der Waals surface area contributed by atoms with Gasteiger partial charge in [0.25, 0.3) is 11.8 Å². The number of para-hydroxylation sites is 1. The van der Waals surface area contributed by atoms with Gasteiger partial charge in [0.1, 0.15) is 5.75 Å². The lowest BCUT2D eigenvalue weighted by Crippen LogP contribution is -2.18. The molecule has 0 atom stereocenters. The van der Waals surface area contributed by atoms with Crippen LogP contribution in [0.25, 0.3) is 0 Å². The molecule has 0 aliphatic carbocycles. The molecule has 0 unspecified atom stereocenters. The predicted octanol–water partition coefficient (Wildman–Crippen LogP) is 4.79. The van der Waals surface area contributed by atoms with E-state index in [-0.39, 0.29) is 11.7 Å². The molecule has 0 saturated heterocycles. The van der Waals surface area contributed by atoms with E-state index in [1.807, 2.05) is 0 Å². The number of benzene rings is 3. The Balaban J connectivity index is 1.61. The Morgan fingerprint density at radius 2 is 1.74 bits per heavy atom. The van der Waals surface area contributed by atoms with Crippen molar-refractivity contribution in [2.45, 2.75) is 6.42 Å². The molecule has 0 radical (unpaired) electrons. The van der Waals surface area contributed by atoms with E-state index in [4.69, 9.17) is 11.6 Å². The fourth-order valence-corrected chi connectivity index (χ4v) is 3.03. The number of aromatic hydroxyl groups is 1. The van der Waals surface area contributed by atoms with E-state index in [0.717, 1.165) is 5.56 Å². The van der Waals surface area contributed by atoms with Crippen molar-refractivity contribution in [3.05, 3.63) is 107 Å². The van der Waals surface area contributed by atoms with E-state index >= 15 is 0 Å². The van der Waals surface area contributed by atoms with Gasteiger partial charge in [-0.1, -0.05) is 41.9 Å². The summed E-state index contributed by atoms with van der Waals surface area (Å²) in [4.78, 5) is 24.6. The van der Waals surface area contributed by atoms with Crippen LogP contribution in [0, 0.1) is 0 Å². The number of hydrazone groups is 1. The van der Waals surface area contributed by atoms with Crippen molar-refractivity contribution in [2.75, 3.05) is 5.32 Å². The van der Waals surface area contributed by atoms with Crippen molar-refractivity contribution in [2.24, 2.45) is 5.10 Å². The molecule has 0 fully saturated rings. The Morgan fingerprint density at radius 3 is 2.45 bits per heavy atom. The Bertz CT molecular complexity index is 1140. The van der Waals surface area contributed by atoms with Crippen LogP contribution in [0.4, 0.5) is 5.69 Å². The number of rotatable bonds is 7. The summed E-state index contributed by atoms with van der Waals surface area (Å²) in [5.41, 5.74) is 4.86. The lowest BCUT2D eigenvalue weighted by atomic mass is 10.1. The Kier molecular flexibility index (Phi) is 7.19. The van der Waals surface area contributed by atoms with Gasteiger partial charge in [-0.05, 0) is 54.4 Å². The molecule has 0 aliphatic heterocycles. The molecule has 0 saturated carbocycles. The number of amides is 2. The number of halogens is 1. The summed E-state index contributed by atoms with van der Waals surface area (Å²) in [5.74, 6) is -0.674. The predicted molar refractivity (Wildman–Crippen MR) is 123 cm³/mol. The van der Waals surface area contributed by atoms with E-state index < -0.39 is 5.91 Å². The van der Waals surface area contributed by atoms with Crippen LogP contribution in [-0.4, -0.2) is 23.1 Å². The standard InChI is InChI=1S/C24H20ClN3O3/c1-2-6-16-7-5-8-18(22(16)29)15-26-28-23(30)17-11-13-19(14-12-17)27-24(31)20-9-3-4-10-21(20)25/h2-5,7-15,29H,1,6H2,(H,27,31)(H,28,30)/b26-15+. The first kappa shape index (κ1) is 21.8. The van der Waals surface area contributed by atoms with E-state index in [2.05, 4.69) is 22.4 Å². The van der Waals surface area contributed by atoms with Crippen LogP contribution in [0.1, 0.15) is 31.8 Å². The number of phenolic OH excluding ortho intramolecular Hbond substituents is 1. The summed E-state index contributed by atoms with van der Waals surface area (Å²) >= 11 is 6.03. The third-order valence-corrected chi connectivity index (χ3v) is 4.74. The van der Waals surface area contributed by atoms with E-state index in [9.17, 15) is 14.7 Å². The molecule has 31 heavy (non-hydrogen) atoms. The van der Waals surface area contributed by atoms with Gasteiger partial charge >= 0.3 is 0 Å². The second kappa shape index (κ2) is 10.2. The Hall–Kier alpha value is -3.90. The zero-order valence-corrected chi connectivity index (χ0v) is 17.3. The minimum absolute atomic E-state index is 0.0963.